The van der Waals surface area contributed by atoms with Crippen LogP contribution in [0, 0.1) is 11.8 Å². The van der Waals surface area contributed by atoms with E-state index >= 15 is 0 Å². The predicted octanol–water partition coefficient (Wildman–Crippen LogP) is 0.253. The zero-order valence-electron chi connectivity index (χ0n) is 12.1. The summed E-state index contributed by atoms with van der Waals surface area (Å²) >= 11 is 0. The zero-order valence-corrected chi connectivity index (χ0v) is 12.9. The first-order valence-electron chi connectivity index (χ1n) is 7.63. The second-order valence-electron chi connectivity index (χ2n) is 6.30. The van der Waals surface area contributed by atoms with Gasteiger partial charge in [-0.2, -0.15) is 0 Å². The number of rotatable bonds is 3. The van der Waals surface area contributed by atoms with Gasteiger partial charge < -0.3 is 4.90 Å². The van der Waals surface area contributed by atoms with E-state index in [4.69, 9.17) is 0 Å². The third-order valence-corrected chi connectivity index (χ3v) is 7.21. The number of hydrogen-bond acceptors (Lipinski definition) is 5. The molecular formula is C14H18N4O3S. The summed E-state index contributed by atoms with van der Waals surface area (Å²) in [5.41, 5.74) is 0.689. The fourth-order valence-electron chi connectivity index (χ4n) is 3.48. The predicted molar refractivity (Wildman–Crippen MR) is 79.5 cm³/mol. The molecule has 0 aromatic carbocycles. The fraction of sp³-hybridized carbons (Fsp3) is 0.643. The van der Waals surface area contributed by atoms with Crippen molar-refractivity contribution < 1.29 is 13.2 Å². The maximum Gasteiger partial charge on any atom is 0.231 e. The van der Waals surface area contributed by atoms with Crippen LogP contribution in [-0.2, 0) is 14.8 Å². The molecule has 2 atom stereocenters. The minimum Gasteiger partial charge on any atom is -0.309 e. The summed E-state index contributed by atoms with van der Waals surface area (Å²) in [6.07, 6.45) is 7.02. The van der Waals surface area contributed by atoms with E-state index in [-0.39, 0.29) is 23.0 Å². The quantitative estimate of drug-likeness (QED) is 0.797. The first-order chi connectivity index (χ1) is 10.6. The smallest absolute Gasteiger partial charge is 0.231 e. The fourth-order valence-corrected chi connectivity index (χ4v) is 5.40. The number of sulfonamides is 1. The van der Waals surface area contributed by atoms with Gasteiger partial charge in [0.05, 0.1) is 29.2 Å². The summed E-state index contributed by atoms with van der Waals surface area (Å²) in [7, 11) is -3.19. The summed E-state index contributed by atoms with van der Waals surface area (Å²) in [5.74, 6) is -0.0936. The average Bonchev–Trinajstić information content (AvgIpc) is 3.28. The molecule has 2 aliphatic heterocycles. The van der Waals surface area contributed by atoms with Crippen molar-refractivity contribution in [2.24, 2.45) is 11.8 Å². The summed E-state index contributed by atoms with van der Waals surface area (Å²) in [4.78, 5) is 22.3. The van der Waals surface area contributed by atoms with Gasteiger partial charge in [0.2, 0.25) is 15.9 Å². The number of anilines is 1. The standard InChI is InChI=1S/C14H18N4O3S/c19-14-13-8-17(22(20,21)12-1-2-12)7-10(13)3-4-18(14)11-5-15-9-16-6-11/h5-6,9-10,12-13H,1-4,7-8H2/t10-,13-/m0/s1. The van der Waals surface area contributed by atoms with Gasteiger partial charge in [-0.05, 0) is 25.2 Å². The van der Waals surface area contributed by atoms with Crippen molar-refractivity contribution in [3.63, 3.8) is 0 Å². The summed E-state index contributed by atoms with van der Waals surface area (Å²) in [5, 5.41) is -0.207. The van der Waals surface area contributed by atoms with Crippen LogP contribution in [0.15, 0.2) is 18.7 Å². The molecule has 0 unspecified atom stereocenters. The first-order valence-corrected chi connectivity index (χ1v) is 9.13. The molecule has 22 heavy (non-hydrogen) atoms. The lowest BCUT2D eigenvalue weighted by Crippen LogP contribution is -2.45. The number of hydrogen-bond donors (Lipinski definition) is 0. The van der Waals surface area contributed by atoms with Crippen molar-refractivity contribution in [2.45, 2.75) is 24.5 Å². The molecule has 8 heteroatoms. The van der Waals surface area contributed by atoms with Gasteiger partial charge in [0.25, 0.3) is 0 Å². The van der Waals surface area contributed by atoms with E-state index in [2.05, 4.69) is 9.97 Å². The molecule has 1 aliphatic carbocycles. The van der Waals surface area contributed by atoms with Gasteiger partial charge in [0.15, 0.2) is 0 Å². The topological polar surface area (TPSA) is 83.5 Å². The molecule has 118 valence electrons. The lowest BCUT2D eigenvalue weighted by atomic mass is 9.88. The number of aromatic nitrogens is 2. The largest absolute Gasteiger partial charge is 0.309 e. The monoisotopic (exact) mass is 322 g/mol. The maximum atomic E-state index is 12.7. The summed E-state index contributed by atoms with van der Waals surface area (Å²) in [6, 6.07) is 0. The Morgan fingerprint density at radius 1 is 1.09 bits per heavy atom. The highest BCUT2D eigenvalue weighted by Crippen LogP contribution is 2.39. The molecule has 0 bridgehead atoms. The van der Waals surface area contributed by atoms with E-state index in [1.54, 1.807) is 21.6 Å². The highest BCUT2D eigenvalue weighted by atomic mass is 32.2. The van der Waals surface area contributed by atoms with E-state index in [1.165, 1.54) is 6.33 Å². The zero-order chi connectivity index (χ0) is 15.3. The minimum absolute atomic E-state index is 0.000420. The Morgan fingerprint density at radius 3 is 2.50 bits per heavy atom. The van der Waals surface area contributed by atoms with Gasteiger partial charge in [-0.15, -0.1) is 0 Å². The van der Waals surface area contributed by atoms with Crippen molar-refractivity contribution in [3.8, 4) is 0 Å². The lowest BCUT2D eigenvalue weighted by Gasteiger charge is -2.33. The van der Waals surface area contributed by atoms with Crippen LogP contribution in [0.2, 0.25) is 0 Å². The molecule has 0 spiro atoms. The van der Waals surface area contributed by atoms with Gasteiger partial charge in [0.1, 0.15) is 6.33 Å². The molecule has 3 heterocycles. The number of nitrogens with zero attached hydrogens (tertiary/aromatic N) is 4. The third kappa shape index (κ3) is 2.21. The molecule has 1 aromatic rings. The van der Waals surface area contributed by atoms with Crippen molar-refractivity contribution in [2.75, 3.05) is 24.5 Å². The Hall–Kier alpha value is -1.54. The van der Waals surface area contributed by atoms with Gasteiger partial charge in [0, 0.05) is 19.6 Å². The van der Waals surface area contributed by atoms with E-state index in [1.807, 2.05) is 0 Å². The Morgan fingerprint density at radius 2 is 1.82 bits per heavy atom. The second kappa shape index (κ2) is 4.99. The second-order valence-corrected chi connectivity index (χ2v) is 8.52. The number of carbonyl (C=O) groups excluding carboxylic acids is 1. The molecule has 1 saturated carbocycles. The highest BCUT2D eigenvalue weighted by molar-refractivity contribution is 7.90. The van der Waals surface area contributed by atoms with Gasteiger partial charge in [-0.3, -0.25) is 4.79 Å². The van der Waals surface area contributed by atoms with Crippen molar-refractivity contribution in [1.82, 2.24) is 14.3 Å². The Balaban J connectivity index is 1.54. The van der Waals surface area contributed by atoms with Crippen LogP contribution < -0.4 is 4.90 Å². The van der Waals surface area contributed by atoms with E-state index in [0.29, 0.717) is 25.3 Å². The van der Waals surface area contributed by atoms with Crippen LogP contribution in [0.25, 0.3) is 0 Å². The Bertz CT molecular complexity index is 689. The molecule has 1 amide bonds. The molecule has 7 nitrogen and oxygen atoms in total. The number of carbonyl (C=O) groups is 1. The highest BCUT2D eigenvalue weighted by Gasteiger charge is 2.50. The van der Waals surface area contributed by atoms with Crippen LogP contribution in [0.1, 0.15) is 19.3 Å². The van der Waals surface area contributed by atoms with E-state index in [9.17, 15) is 13.2 Å². The lowest BCUT2D eigenvalue weighted by molar-refractivity contribution is -0.124. The van der Waals surface area contributed by atoms with Gasteiger partial charge in [-0.1, -0.05) is 0 Å². The molecule has 3 fully saturated rings. The Labute approximate surface area is 129 Å². The van der Waals surface area contributed by atoms with Crippen LogP contribution in [0.3, 0.4) is 0 Å². The third-order valence-electron chi connectivity index (χ3n) is 4.88. The molecule has 0 N–H and O–H groups in total. The molecule has 1 aromatic heterocycles. The number of piperidine rings is 1. The van der Waals surface area contributed by atoms with Crippen molar-refractivity contribution in [3.05, 3.63) is 18.7 Å². The van der Waals surface area contributed by atoms with Crippen LogP contribution in [-0.4, -0.2) is 53.5 Å². The average molecular weight is 322 g/mol. The van der Waals surface area contributed by atoms with Crippen LogP contribution in [0.4, 0.5) is 5.69 Å². The van der Waals surface area contributed by atoms with Crippen LogP contribution in [0.5, 0.6) is 0 Å². The van der Waals surface area contributed by atoms with Crippen molar-refractivity contribution in [1.29, 1.82) is 0 Å². The number of fused-ring (bicyclic) bond motifs is 1. The van der Waals surface area contributed by atoms with Gasteiger partial charge >= 0.3 is 0 Å². The Kier molecular flexibility index (Phi) is 3.19. The van der Waals surface area contributed by atoms with E-state index in [0.717, 1.165) is 19.3 Å². The van der Waals surface area contributed by atoms with Crippen LogP contribution >= 0.6 is 0 Å². The van der Waals surface area contributed by atoms with Crippen molar-refractivity contribution >= 4 is 21.6 Å². The summed E-state index contributed by atoms with van der Waals surface area (Å²) < 4.78 is 26.3. The SMILES string of the molecule is O=C1[C@H]2CN(S(=O)(=O)C3CC3)C[C@@H]2CCN1c1cncnc1. The normalized spacial score (nSPS) is 29.6. The van der Waals surface area contributed by atoms with Gasteiger partial charge in [-0.25, -0.2) is 22.7 Å². The molecule has 4 rings (SSSR count). The molecule has 0 radical (unpaired) electrons. The maximum absolute atomic E-state index is 12.7. The molecule has 3 aliphatic rings. The molecule has 2 saturated heterocycles. The van der Waals surface area contributed by atoms with E-state index < -0.39 is 10.0 Å². The number of amides is 1. The molecular weight excluding hydrogens is 304 g/mol. The first kappa shape index (κ1) is 14.1. The minimum atomic E-state index is -3.19. The summed E-state index contributed by atoms with van der Waals surface area (Å²) in [6.45, 7) is 1.42.